The van der Waals surface area contributed by atoms with Crippen molar-refractivity contribution in [3.05, 3.63) is 12.2 Å². The molecule has 1 unspecified atom stereocenters. The molecular formula is C11H19NO4. The lowest BCUT2D eigenvalue weighted by Crippen LogP contribution is -2.34. The Morgan fingerprint density at radius 3 is 2.31 bits per heavy atom. The van der Waals surface area contributed by atoms with Gasteiger partial charge in [-0.25, -0.2) is 4.79 Å². The van der Waals surface area contributed by atoms with E-state index in [0.29, 0.717) is 5.57 Å². The molecule has 16 heavy (non-hydrogen) atoms. The molecule has 0 aliphatic heterocycles. The molecule has 1 atom stereocenters. The first-order chi connectivity index (χ1) is 7.13. The van der Waals surface area contributed by atoms with Crippen molar-refractivity contribution in [2.45, 2.75) is 33.3 Å². The van der Waals surface area contributed by atoms with Gasteiger partial charge in [0.25, 0.3) is 0 Å². The van der Waals surface area contributed by atoms with Crippen LogP contribution in [-0.4, -0.2) is 29.3 Å². The summed E-state index contributed by atoms with van der Waals surface area (Å²) in [6.07, 6.45) is -0.578. The molecule has 0 aromatic heterocycles. The van der Waals surface area contributed by atoms with Crippen molar-refractivity contribution < 1.29 is 19.4 Å². The number of aliphatic carboxylic acids is 1. The first-order valence-electron chi connectivity index (χ1n) is 5.01. The molecule has 0 heterocycles. The Balaban J connectivity index is 4.03. The van der Waals surface area contributed by atoms with Gasteiger partial charge in [-0.1, -0.05) is 6.58 Å². The van der Waals surface area contributed by atoms with Gasteiger partial charge in [-0.05, 0) is 33.3 Å². The van der Waals surface area contributed by atoms with Crippen LogP contribution in [0.2, 0.25) is 0 Å². The second kappa shape index (κ2) is 5.53. The van der Waals surface area contributed by atoms with E-state index in [1.165, 1.54) is 6.92 Å². The molecule has 0 aliphatic carbocycles. The molecule has 0 bridgehead atoms. The van der Waals surface area contributed by atoms with Crippen LogP contribution in [0.5, 0.6) is 0 Å². The van der Waals surface area contributed by atoms with Gasteiger partial charge >= 0.3 is 12.1 Å². The minimum atomic E-state index is -0.962. The molecule has 1 amide bonds. The van der Waals surface area contributed by atoms with Gasteiger partial charge in [0, 0.05) is 6.54 Å². The van der Waals surface area contributed by atoms with Crippen LogP contribution in [0.15, 0.2) is 12.2 Å². The zero-order chi connectivity index (χ0) is 12.9. The number of alkyl carbamates (subject to hydrolysis) is 1. The predicted octanol–water partition coefficient (Wildman–Crippen LogP) is 1.79. The quantitative estimate of drug-likeness (QED) is 0.720. The van der Waals surface area contributed by atoms with Crippen LogP contribution < -0.4 is 5.32 Å². The summed E-state index contributed by atoms with van der Waals surface area (Å²) in [5.41, 5.74) is -0.137. The molecule has 2 N–H and O–H groups in total. The number of rotatable bonds is 4. The van der Waals surface area contributed by atoms with Crippen LogP contribution >= 0.6 is 0 Å². The van der Waals surface area contributed by atoms with Crippen LogP contribution in [0.3, 0.4) is 0 Å². The van der Waals surface area contributed by atoms with Gasteiger partial charge in [-0.15, -0.1) is 0 Å². The third-order valence-corrected chi connectivity index (χ3v) is 1.84. The highest BCUT2D eigenvalue weighted by Crippen LogP contribution is 2.09. The molecule has 0 spiro atoms. The minimum absolute atomic E-state index is 0.0996. The Kier molecular flexibility index (Phi) is 5.01. The summed E-state index contributed by atoms with van der Waals surface area (Å²) >= 11 is 0. The molecule has 5 heteroatoms. The summed E-state index contributed by atoms with van der Waals surface area (Å²) in [4.78, 5) is 21.8. The van der Waals surface area contributed by atoms with Crippen LogP contribution in [0.1, 0.15) is 27.7 Å². The highest BCUT2D eigenvalue weighted by atomic mass is 16.6. The number of carboxylic acid groups (broad SMARTS) is 1. The molecule has 0 aliphatic rings. The van der Waals surface area contributed by atoms with Crippen LogP contribution in [0, 0.1) is 5.92 Å². The summed E-state index contributed by atoms with van der Waals surface area (Å²) in [5, 5.41) is 11.2. The molecule has 0 aromatic carbocycles. The maximum Gasteiger partial charge on any atom is 0.407 e. The number of nitrogens with one attached hydrogen (secondary N) is 1. The molecule has 5 nitrogen and oxygen atoms in total. The molecule has 0 saturated heterocycles. The van der Waals surface area contributed by atoms with Gasteiger partial charge in [0.05, 0.1) is 5.92 Å². The molecule has 0 saturated carbocycles. The van der Waals surface area contributed by atoms with Crippen molar-refractivity contribution in [3.8, 4) is 0 Å². The lowest BCUT2D eigenvalue weighted by atomic mass is 10.0. The summed E-state index contributed by atoms with van der Waals surface area (Å²) in [5.74, 6) is -1.65. The highest BCUT2D eigenvalue weighted by molar-refractivity contribution is 5.73. The summed E-state index contributed by atoms with van der Waals surface area (Å²) in [7, 11) is 0. The Hall–Kier alpha value is -1.52. The Labute approximate surface area is 95.5 Å². The number of carbonyl (C=O) groups is 2. The van der Waals surface area contributed by atoms with Gasteiger partial charge in [0.2, 0.25) is 0 Å². The van der Waals surface area contributed by atoms with Crippen molar-refractivity contribution in [2.75, 3.05) is 6.54 Å². The fraction of sp³-hybridized carbons (Fsp3) is 0.636. The Morgan fingerprint density at radius 1 is 1.44 bits per heavy atom. The molecule has 0 fully saturated rings. The lowest BCUT2D eigenvalue weighted by Gasteiger charge is -2.20. The largest absolute Gasteiger partial charge is 0.481 e. The minimum Gasteiger partial charge on any atom is -0.481 e. The van der Waals surface area contributed by atoms with Crippen molar-refractivity contribution in [2.24, 2.45) is 5.92 Å². The zero-order valence-corrected chi connectivity index (χ0v) is 10.2. The van der Waals surface area contributed by atoms with Crippen molar-refractivity contribution in [1.82, 2.24) is 5.32 Å². The molecule has 92 valence electrons. The number of hydrogen-bond acceptors (Lipinski definition) is 3. The second-order valence-corrected chi connectivity index (χ2v) is 4.57. The topological polar surface area (TPSA) is 75.6 Å². The second-order valence-electron chi connectivity index (χ2n) is 4.57. The number of hydrogen-bond donors (Lipinski definition) is 2. The maximum absolute atomic E-state index is 11.2. The fourth-order valence-corrected chi connectivity index (χ4v) is 0.828. The first kappa shape index (κ1) is 14.5. The normalized spacial score (nSPS) is 12.8. The monoisotopic (exact) mass is 229 g/mol. The van der Waals surface area contributed by atoms with Gasteiger partial charge in [-0.2, -0.15) is 0 Å². The van der Waals surface area contributed by atoms with E-state index in [0.717, 1.165) is 0 Å². The van der Waals surface area contributed by atoms with Gasteiger partial charge < -0.3 is 15.2 Å². The molecular weight excluding hydrogens is 210 g/mol. The van der Waals surface area contributed by atoms with E-state index in [1.807, 2.05) is 0 Å². The summed E-state index contributed by atoms with van der Waals surface area (Å²) < 4.78 is 4.99. The van der Waals surface area contributed by atoms with Gasteiger partial charge in [-0.3, -0.25) is 4.79 Å². The average Bonchev–Trinajstić information content (AvgIpc) is 2.09. The van der Waals surface area contributed by atoms with Crippen LogP contribution in [0.25, 0.3) is 0 Å². The summed E-state index contributed by atoms with van der Waals surface area (Å²) in [6.45, 7) is 10.5. The first-order valence-corrected chi connectivity index (χ1v) is 5.01. The molecule has 0 rings (SSSR count). The van der Waals surface area contributed by atoms with E-state index >= 15 is 0 Å². The smallest absolute Gasteiger partial charge is 0.407 e. The van der Waals surface area contributed by atoms with E-state index < -0.39 is 23.6 Å². The molecule has 0 radical (unpaired) electrons. The number of amides is 1. The SMILES string of the molecule is C=C(CNC(=O)OC(C)(C)C)C(C)C(=O)O. The van der Waals surface area contributed by atoms with Gasteiger partial charge in [0.15, 0.2) is 0 Å². The van der Waals surface area contributed by atoms with Crippen LogP contribution in [0.4, 0.5) is 4.79 Å². The Bertz CT molecular complexity index is 291. The average molecular weight is 229 g/mol. The third-order valence-electron chi connectivity index (χ3n) is 1.84. The highest BCUT2D eigenvalue weighted by Gasteiger charge is 2.18. The van der Waals surface area contributed by atoms with E-state index in [2.05, 4.69) is 11.9 Å². The maximum atomic E-state index is 11.2. The predicted molar refractivity (Wildman–Crippen MR) is 60.2 cm³/mol. The van der Waals surface area contributed by atoms with Crippen molar-refractivity contribution >= 4 is 12.1 Å². The number of ether oxygens (including phenoxy) is 1. The van der Waals surface area contributed by atoms with Crippen molar-refractivity contribution in [3.63, 3.8) is 0 Å². The standard InChI is InChI=1S/C11H19NO4/c1-7(8(2)9(13)14)6-12-10(15)16-11(3,4)5/h8H,1,6H2,2-5H3,(H,12,15)(H,13,14). The lowest BCUT2D eigenvalue weighted by molar-refractivity contribution is -0.139. The van der Waals surface area contributed by atoms with E-state index in [4.69, 9.17) is 9.84 Å². The Morgan fingerprint density at radius 2 is 1.94 bits per heavy atom. The number of carbonyl (C=O) groups excluding carboxylic acids is 1. The third kappa shape index (κ3) is 6.06. The zero-order valence-electron chi connectivity index (χ0n) is 10.2. The number of carboxylic acids is 1. The summed E-state index contributed by atoms with van der Waals surface area (Å²) in [6, 6.07) is 0. The fourth-order valence-electron chi connectivity index (χ4n) is 0.828. The van der Waals surface area contributed by atoms with Crippen LogP contribution in [-0.2, 0) is 9.53 Å². The van der Waals surface area contributed by atoms with E-state index in [-0.39, 0.29) is 6.54 Å². The van der Waals surface area contributed by atoms with E-state index in [1.54, 1.807) is 20.8 Å². The molecule has 0 aromatic rings. The van der Waals surface area contributed by atoms with E-state index in [9.17, 15) is 9.59 Å². The van der Waals surface area contributed by atoms with Gasteiger partial charge in [0.1, 0.15) is 5.60 Å². The van der Waals surface area contributed by atoms with Crippen molar-refractivity contribution in [1.29, 1.82) is 0 Å².